The number of carboxylic acids is 1. The molecule has 1 aromatic carbocycles. The summed E-state index contributed by atoms with van der Waals surface area (Å²) in [5.41, 5.74) is 2.09. The van der Waals surface area contributed by atoms with Crippen molar-refractivity contribution in [1.82, 2.24) is 4.90 Å². The van der Waals surface area contributed by atoms with Crippen LogP contribution in [-0.4, -0.2) is 48.2 Å². The maximum absolute atomic E-state index is 13.2. The van der Waals surface area contributed by atoms with Crippen molar-refractivity contribution in [3.05, 3.63) is 29.6 Å². The van der Waals surface area contributed by atoms with E-state index in [4.69, 9.17) is 5.11 Å². The molecule has 0 bridgehead atoms. The van der Waals surface area contributed by atoms with Crippen molar-refractivity contribution in [2.45, 2.75) is 25.8 Å². The number of likely N-dealkylation sites (tertiary alicyclic amines) is 1. The Bertz CT molecular complexity index is 535. The number of halogens is 1. The van der Waals surface area contributed by atoms with E-state index in [1.165, 1.54) is 6.07 Å². The molecule has 2 aliphatic rings. The van der Waals surface area contributed by atoms with Gasteiger partial charge in [-0.1, -0.05) is 0 Å². The molecule has 21 heavy (non-hydrogen) atoms. The van der Waals surface area contributed by atoms with Gasteiger partial charge in [0.05, 0.1) is 5.92 Å². The zero-order chi connectivity index (χ0) is 15.0. The third-order valence-corrected chi connectivity index (χ3v) is 4.74. The van der Waals surface area contributed by atoms with Crippen molar-refractivity contribution in [3.63, 3.8) is 0 Å². The van der Waals surface area contributed by atoms with Gasteiger partial charge in [0.2, 0.25) is 0 Å². The molecular weight excluding hydrogens is 271 g/mol. The molecule has 0 saturated carbocycles. The minimum absolute atomic E-state index is 0.178. The Morgan fingerprint density at radius 2 is 1.95 bits per heavy atom. The molecule has 4 nitrogen and oxygen atoms in total. The van der Waals surface area contributed by atoms with Crippen molar-refractivity contribution in [2.24, 2.45) is 5.92 Å². The molecule has 0 aliphatic carbocycles. The van der Waals surface area contributed by atoms with Gasteiger partial charge in [0, 0.05) is 37.9 Å². The Morgan fingerprint density at radius 1 is 1.29 bits per heavy atom. The van der Waals surface area contributed by atoms with Gasteiger partial charge in [0.25, 0.3) is 0 Å². The SMILES string of the molecule is Cc1cc(F)ccc1N1CCC(N2CC(C(=O)O)C2)CC1. The summed E-state index contributed by atoms with van der Waals surface area (Å²) in [4.78, 5) is 15.4. The summed E-state index contributed by atoms with van der Waals surface area (Å²) in [6, 6.07) is 5.45. The van der Waals surface area contributed by atoms with E-state index in [2.05, 4.69) is 9.80 Å². The first-order chi connectivity index (χ1) is 10.0. The van der Waals surface area contributed by atoms with E-state index in [1.54, 1.807) is 6.07 Å². The first-order valence-electron chi connectivity index (χ1n) is 7.52. The number of piperidine rings is 1. The molecule has 0 atom stereocenters. The minimum Gasteiger partial charge on any atom is -0.481 e. The fourth-order valence-electron chi connectivity index (χ4n) is 3.41. The third kappa shape index (κ3) is 2.88. The number of anilines is 1. The number of carboxylic acid groups (broad SMARTS) is 1. The van der Waals surface area contributed by atoms with Gasteiger partial charge in [-0.15, -0.1) is 0 Å². The molecule has 0 amide bonds. The maximum Gasteiger partial charge on any atom is 0.309 e. The lowest BCUT2D eigenvalue weighted by Crippen LogP contribution is -2.57. The Morgan fingerprint density at radius 3 is 2.52 bits per heavy atom. The zero-order valence-corrected chi connectivity index (χ0v) is 12.3. The Labute approximate surface area is 124 Å². The van der Waals surface area contributed by atoms with Crippen LogP contribution in [-0.2, 0) is 4.79 Å². The number of carbonyl (C=O) groups is 1. The highest BCUT2D eigenvalue weighted by Gasteiger charge is 2.37. The highest BCUT2D eigenvalue weighted by Crippen LogP contribution is 2.29. The van der Waals surface area contributed by atoms with E-state index in [9.17, 15) is 9.18 Å². The number of aryl methyl sites for hydroxylation is 1. The largest absolute Gasteiger partial charge is 0.481 e. The quantitative estimate of drug-likeness (QED) is 0.927. The fraction of sp³-hybridized carbons (Fsp3) is 0.562. The van der Waals surface area contributed by atoms with Gasteiger partial charge in [-0.25, -0.2) is 4.39 Å². The number of aliphatic carboxylic acids is 1. The van der Waals surface area contributed by atoms with Crippen LogP contribution >= 0.6 is 0 Å². The Kier molecular flexibility index (Phi) is 3.85. The third-order valence-electron chi connectivity index (χ3n) is 4.74. The van der Waals surface area contributed by atoms with Gasteiger partial charge in [-0.05, 0) is 43.5 Å². The van der Waals surface area contributed by atoms with Crippen molar-refractivity contribution in [3.8, 4) is 0 Å². The number of rotatable bonds is 3. The van der Waals surface area contributed by atoms with Crippen molar-refractivity contribution < 1.29 is 14.3 Å². The number of benzene rings is 1. The standard InChI is InChI=1S/C16H21FN2O2/c1-11-8-13(17)2-3-15(11)18-6-4-14(5-7-18)19-9-12(10-19)16(20)21/h2-3,8,12,14H,4-7,9-10H2,1H3,(H,20,21). The molecule has 3 rings (SSSR count). The molecule has 2 saturated heterocycles. The van der Waals surface area contributed by atoms with E-state index >= 15 is 0 Å². The first kappa shape index (κ1) is 14.3. The number of nitrogens with zero attached hydrogens (tertiary/aromatic N) is 2. The van der Waals surface area contributed by atoms with E-state index in [0.717, 1.165) is 37.2 Å². The zero-order valence-electron chi connectivity index (χ0n) is 12.3. The van der Waals surface area contributed by atoms with Gasteiger partial charge >= 0.3 is 5.97 Å². The van der Waals surface area contributed by atoms with Gasteiger partial charge in [-0.3, -0.25) is 9.69 Å². The second-order valence-electron chi connectivity index (χ2n) is 6.14. The minimum atomic E-state index is -0.675. The highest BCUT2D eigenvalue weighted by atomic mass is 19.1. The summed E-state index contributed by atoms with van der Waals surface area (Å²) in [5.74, 6) is -1.04. The second kappa shape index (κ2) is 5.64. The summed E-state index contributed by atoms with van der Waals surface area (Å²) < 4.78 is 13.2. The van der Waals surface area contributed by atoms with Crippen LogP contribution < -0.4 is 4.90 Å². The lowest BCUT2D eigenvalue weighted by Gasteiger charge is -2.46. The van der Waals surface area contributed by atoms with Crippen LogP contribution in [0.25, 0.3) is 0 Å². The fourth-order valence-corrected chi connectivity index (χ4v) is 3.41. The predicted molar refractivity (Wildman–Crippen MR) is 79.1 cm³/mol. The number of hydrogen-bond acceptors (Lipinski definition) is 3. The van der Waals surface area contributed by atoms with E-state index in [-0.39, 0.29) is 11.7 Å². The van der Waals surface area contributed by atoms with Crippen molar-refractivity contribution in [1.29, 1.82) is 0 Å². The monoisotopic (exact) mass is 292 g/mol. The van der Waals surface area contributed by atoms with E-state index in [1.807, 2.05) is 13.0 Å². The van der Waals surface area contributed by atoms with Crippen LogP contribution in [0.1, 0.15) is 18.4 Å². The molecule has 2 aliphatic heterocycles. The molecule has 0 spiro atoms. The summed E-state index contributed by atoms with van der Waals surface area (Å²) >= 11 is 0. The molecule has 5 heteroatoms. The van der Waals surface area contributed by atoms with Gasteiger partial charge in [-0.2, -0.15) is 0 Å². The molecule has 0 radical (unpaired) electrons. The topological polar surface area (TPSA) is 43.8 Å². The van der Waals surface area contributed by atoms with Gasteiger partial charge in [0.15, 0.2) is 0 Å². The Balaban J connectivity index is 1.55. The second-order valence-corrected chi connectivity index (χ2v) is 6.14. The van der Waals surface area contributed by atoms with Crippen LogP contribution in [0.3, 0.4) is 0 Å². The smallest absolute Gasteiger partial charge is 0.309 e. The van der Waals surface area contributed by atoms with E-state index in [0.29, 0.717) is 19.1 Å². The average molecular weight is 292 g/mol. The average Bonchev–Trinajstić information content (AvgIpc) is 2.38. The Hall–Kier alpha value is -1.62. The molecule has 1 aromatic rings. The summed E-state index contributed by atoms with van der Waals surface area (Å²) in [6.45, 7) is 5.22. The van der Waals surface area contributed by atoms with E-state index < -0.39 is 5.97 Å². The highest BCUT2D eigenvalue weighted by molar-refractivity contribution is 5.71. The lowest BCUT2D eigenvalue weighted by molar-refractivity contribution is -0.148. The molecule has 0 aromatic heterocycles. The van der Waals surface area contributed by atoms with Crippen LogP contribution in [0.15, 0.2) is 18.2 Å². The number of hydrogen-bond donors (Lipinski definition) is 1. The molecule has 2 fully saturated rings. The molecule has 114 valence electrons. The van der Waals surface area contributed by atoms with Crippen LogP contribution in [0.5, 0.6) is 0 Å². The summed E-state index contributed by atoms with van der Waals surface area (Å²) in [5, 5.41) is 8.93. The summed E-state index contributed by atoms with van der Waals surface area (Å²) in [7, 11) is 0. The van der Waals surface area contributed by atoms with Gasteiger partial charge in [0.1, 0.15) is 5.82 Å². The van der Waals surface area contributed by atoms with Crippen LogP contribution in [0, 0.1) is 18.7 Å². The normalized spacial score (nSPS) is 21.3. The van der Waals surface area contributed by atoms with Crippen molar-refractivity contribution in [2.75, 3.05) is 31.1 Å². The summed E-state index contributed by atoms with van der Waals surface area (Å²) in [6.07, 6.45) is 2.09. The van der Waals surface area contributed by atoms with Crippen molar-refractivity contribution >= 4 is 11.7 Å². The first-order valence-corrected chi connectivity index (χ1v) is 7.52. The molecule has 0 unspecified atom stereocenters. The maximum atomic E-state index is 13.2. The van der Waals surface area contributed by atoms with Crippen LogP contribution in [0.2, 0.25) is 0 Å². The lowest BCUT2D eigenvalue weighted by atomic mass is 9.93. The van der Waals surface area contributed by atoms with Gasteiger partial charge < -0.3 is 10.0 Å². The van der Waals surface area contributed by atoms with Crippen LogP contribution in [0.4, 0.5) is 10.1 Å². The predicted octanol–water partition coefficient (Wildman–Crippen LogP) is 2.12. The molecule has 2 heterocycles. The molecule has 1 N–H and O–H groups in total. The molecular formula is C16H21FN2O2.